The van der Waals surface area contributed by atoms with Crippen molar-refractivity contribution in [1.82, 2.24) is 5.32 Å². The number of aryl methyl sites for hydroxylation is 2. The Bertz CT molecular complexity index is 463. The molecule has 1 aromatic carbocycles. The third kappa shape index (κ3) is 3.85. The molecule has 0 atom stereocenters. The van der Waals surface area contributed by atoms with Crippen molar-refractivity contribution in [1.29, 1.82) is 0 Å². The predicted molar refractivity (Wildman–Crippen MR) is 79.2 cm³/mol. The molecule has 2 N–H and O–H groups in total. The van der Waals surface area contributed by atoms with Crippen LogP contribution in [0.3, 0.4) is 0 Å². The van der Waals surface area contributed by atoms with Crippen molar-refractivity contribution in [3.8, 4) is 0 Å². The van der Waals surface area contributed by atoms with E-state index < -0.39 is 0 Å². The fraction of sp³-hybridized carbons (Fsp3) is 0.438. The molecule has 3 heteroatoms. The first-order chi connectivity index (χ1) is 9.16. The van der Waals surface area contributed by atoms with E-state index in [2.05, 4.69) is 10.6 Å². The number of allylic oxidation sites excluding steroid dienone is 1. The zero-order valence-corrected chi connectivity index (χ0v) is 11.8. The highest BCUT2D eigenvalue weighted by Crippen LogP contribution is 2.22. The molecule has 1 aliphatic carbocycles. The lowest BCUT2D eigenvalue weighted by molar-refractivity contribution is 0.255. The summed E-state index contributed by atoms with van der Waals surface area (Å²) in [5.41, 5.74) is 4.42. The van der Waals surface area contributed by atoms with Crippen LogP contribution in [0, 0.1) is 13.8 Å². The second-order valence-corrected chi connectivity index (χ2v) is 5.23. The van der Waals surface area contributed by atoms with Gasteiger partial charge in [-0.15, -0.1) is 0 Å². The fourth-order valence-electron chi connectivity index (χ4n) is 2.48. The maximum atomic E-state index is 11.9. The van der Waals surface area contributed by atoms with E-state index in [9.17, 15) is 4.79 Å². The van der Waals surface area contributed by atoms with Crippen LogP contribution in [0.4, 0.5) is 10.5 Å². The Kier molecular flexibility index (Phi) is 4.61. The third-order valence-electron chi connectivity index (χ3n) is 3.62. The lowest BCUT2D eigenvalue weighted by atomic mass is 9.96. The van der Waals surface area contributed by atoms with Gasteiger partial charge in [0, 0.05) is 11.9 Å². The number of amides is 2. The number of nitrogens with one attached hydrogen (secondary N) is 2. The number of benzene rings is 1. The molecule has 3 nitrogen and oxygen atoms in total. The van der Waals surface area contributed by atoms with Crippen LogP contribution in [0.15, 0.2) is 30.0 Å². The van der Waals surface area contributed by atoms with Gasteiger partial charge in [-0.25, -0.2) is 4.79 Å². The summed E-state index contributed by atoms with van der Waals surface area (Å²) in [6.07, 6.45) is 7.90. The highest BCUT2D eigenvalue weighted by atomic mass is 16.2. The van der Waals surface area contributed by atoms with Gasteiger partial charge in [0.15, 0.2) is 0 Å². The average Bonchev–Trinajstić information content (AvgIpc) is 2.42. The first kappa shape index (κ1) is 13.7. The average molecular weight is 258 g/mol. The van der Waals surface area contributed by atoms with Crippen LogP contribution in [-0.2, 0) is 0 Å². The number of carbonyl (C=O) groups is 1. The summed E-state index contributed by atoms with van der Waals surface area (Å²) in [6, 6.07) is 5.85. The molecule has 0 aromatic heterocycles. The van der Waals surface area contributed by atoms with Gasteiger partial charge < -0.3 is 10.6 Å². The molecule has 1 aliphatic rings. The molecular formula is C16H22N2O. The van der Waals surface area contributed by atoms with Gasteiger partial charge in [0.1, 0.15) is 0 Å². The summed E-state index contributed by atoms with van der Waals surface area (Å²) in [4.78, 5) is 11.9. The van der Waals surface area contributed by atoms with E-state index in [0.29, 0.717) is 0 Å². The minimum Gasteiger partial charge on any atom is -0.314 e. The monoisotopic (exact) mass is 258 g/mol. The van der Waals surface area contributed by atoms with E-state index in [-0.39, 0.29) is 6.03 Å². The van der Waals surface area contributed by atoms with Gasteiger partial charge in [-0.2, -0.15) is 0 Å². The van der Waals surface area contributed by atoms with Crippen LogP contribution in [0.1, 0.15) is 43.2 Å². The molecule has 2 rings (SSSR count). The quantitative estimate of drug-likeness (QED) is 0.817. The zero-order chi connectivity index (χ0) is 13.7. The van der Waals surface area contributed by atoms with Crippen LogP contribution < -0.4 is 10.6 Å². The maximum Gasteiger partial charge on any atom is 0.323 e. The minimum atomic E-state index is -0.157. The Balaban J connectivity index is 1.94. The third-order valence-corrected chi connectivity index (χ3v) is 3.62. The second kappa shape index (κ2) is 6.41. The van der Waals surface area contributed by atoms with Crippen molar-refractivity contribution in [3.63, 3.8) is 0 Å². The number of hydrogen-bond acceptors (Lipinski definition) is 1. The van der Waals surface area contributed by atoms with Gasteiger partial charge in [-0.3, -0.25) is 0 Å². The molecule has 0 heterocycles. The number of carbonyl (C=O) groups excluding carboxylic acids is 1. The molecule has 0 radical (unpaired) electrons. The Labute approximate surface area is 115 Å². The summed E-state index contributed by atoms with van der Waals surface area (Å²) in [5, 5.41) is 5.77. The molecule has 0 saturated heterocycles. The van der Waals surface area contributed by atoms with Crippen LogP contribution in [0.5, 0.6) is 0 Å². The molecule has 2 amide bonds. The van der Waals surface area contributed by atoms with Crippen molar-refractivity contribution < 1.29 is 4.79 Å². The van der Waals surface area contributed by atoms with Crippen molar-refractivity contribution >= 4 is 11.7 Å². The highest BCUT2D eigenvalue weighted by molar-refractivity contribution is 5.91. The van der Waals surface area contributed by atoms with E-state index in [4.69, 9.17) is 0 Å². The van der Waals surface area contributed by atoms with Crippen LogP contribution >= 0.6 is 0 Å². The Hall–Kier alpha value is -1.77. The molecule has 0 unspecified atom stereocenters. The standard InChI is InChI=1S/C16H22N2O/c1-12-7-6-8-13(2)15(12)18-16(19)17-11-14-9-4-3-5-10-14/h6-8,11H,3-5,9-10H2,1-2H3,(H2,17,18,19). The number of para-hydroxylation sites is 1. The van der Waals surface area contributed by atoms with Crippen LogP contribution in [-0.4, -0.2) is 6.03 Å². The zero-order valence-electron chi connectivity index (χ0n) is 11.8. The first-order valence-electron chi connectivity index (χ1n) is 6.98. The topological polar surface area (TPSA) is 41.1 Å². The molecule has 1 aromatic rings. The molecule has 1 fully saturated rings. The molecule has 19 heavy (non-hydrogen) atoms. The number of anilines is 1. The van der Waals surface area contributed by atoms with Crippen molar-refractivity contribution in [2.75, 3.05) is 5.32 Å². The summed E-state index contributed by atoms with van der Waals surface area (Å²) in [6.45, 7) is 4.00. The molecule has 0 spiro atoms. The van der Waals surface area contributed by atoms with Crippen molar-refractivity contribution in [3.05, 3.63) is 41.1 Å². The van der Waals surface area contributed by atoms with Crippen molar-refractivity contribution in [2.45, 2.75) is 46.0 Å². The van der Waals surface area contributed by atoms with E-state index in [1.807, 2.05) is 38.2 Å². The van der Waals surface area contributed by atoms with Gasteiger partial charge >= 0.3 is 6.03 Å². The lowest BCUT2D eigenvalue weighted by Crippen LogP contribution is -2.25. The van der Waals surface area contributed by atoms with Gasteiger partial charge in [0.05, 0.1) is 0 Å². The number of urea groups is 1. The summed E-state index contributed by atoms with van der Waals surface area (Å²) in [7, 11) is 0. The smallest absolute Gasteiger partial charge is 0.314 e. The summed E-state index contributed by atoms with van der Waals surface area (Å²) in [5.74, 6) is 0. The molecule has 1 saturated carbocycles. The van der Waals surface area contributed by atoms with Gasteiger partial charge in [-0.1, -0.05) is 30.2 Å². The Morgan fingerprint density at radius 1 is 1.11 bits per heavy atom. The Morgan fingerprint density at radius 3 is 2.37 bits per heavy atom. The summed E-state index contributed by atoms with van der Waals surface area (Å²) < 4.78 is 0. The Morgan fingerprint density at radius 2 is 1.74 bits per heavy atom. The predicted octanol–water partition coefficient (Wildman–Crippen LogP) is 4.27. The van der Waals surface area contributed by atoms with Gasteiger partial charge in [0.2, 0.25) is 0 Å². The maximum absolute atomic E-state index is 11.9. The van der Waals surface area contributed by atoms with Gasteiger partial charge in [0.25, 0.3) is 0 Å². The van der Waals surface area contributed by atoms with Gasteiger partial charge in [-0.05, 0) is 50.7 Å². The van der Waals surface area contributed by atoms with Crippen molar-refractivity contribution in [2.24, 2.45) is 0 Å². The lowest BCUT2D eigenvalue weighted by Gasteiger charge is -2.14. The van der Waals surface area contributed by atoms with E-state index in [1.54, 1.807) is 0 Å². The normalized spacial score (nSPS) is 14.9. The fourth-order valence-corrected chi connectivity index (χ4v) is 2.48. The van der Waals surface area contributed by atoms with E-state index in [0.717, 1.165) is 29.7 Å². The first-order valence-corrected chi connectivity index (χ1v) is 6.98. The molecule has 0 aliphatic heterocycles. The molecule has 102 valence electrons. The van der Waals surface area contributed by atoms with Crippen LogP contribution in [0.2, 0.25) is 0 Å². The number of rotatable bonds is 2. The van der Waals surface area contributed by atoms with Crippen LogP contribution in [0.25, 0.3) is 0 Å². The highest BCUT2D eigenvalue weighted by Gasteiger charge is 2.08. The van der Waals surface area contributed by atoms with E-state index in [1.165, 1.54) is 24.8 Å². The van der Waals surface area contributed by atoms with E-state index >= 15 is 0 Å². The molecule has 0 bridgehead atoms. The summed E-state index contributed by atoms with van der Waals surface area (Å²) >= 11 is 0. The largest absolute Gasteiger partial charge is 0.323 e. The molecular weight excluding hydrogens is 236 g/mol. The SMILES string of the molecule is Cc1cccc(C)c1NC(=O)NC=C1CCCCC1. The second-order valence-electron chi connectivity index (χ2n) is 5.23. The minimum absolute atomic E-state index is 0.157. The number of hydrogen-bond donors (Lipinski definition) is 2.